The van der Waals surface area contributed by atoms with E-state index in [0.717, 1.165) is 31.7 Å². The average Bonchev–Trinajstić information content (AvgIpc) is 3.31. The van der Waals surface area contributed by atoms with Gasteiger partial charge >= 0.3 is 6.18 Å². The van der Waals surface area contributed by atoms with Gasteiger partial charge in [0.15, 0.2) is 0 Å². The number of anilines is 1. The summed E-state index contributed by atoms with van der Waals surface area (Å²) in [5, 5.41) is 2.97. The molecule has 3 rings (SSSR count). The number of rotatable bonds is 3. The van der Waals surface area contributed by atoms with Crippen LogP contribution in [0.3, 0.4) is 0 Å². The number of pyridine rings is 1. The molecule has 2 fully saturated rings. The summed E-state index contributed by atoms with van der Waals surface area (Å²) in [6, 6.07) is 4.19. The molecule has 2 heterocycles. The lowest BCUT2D eigenvalue weighted by atomic mass is 9.97. The number of amides is 1. The van der Waals surface area contributed by atoms with Gasteiger partial charge in [0.25, 0.3) is 0 Å². The Hall–Kier alpha value is -1.79. The van der Waals surface area contributed by atoms with Gasteiger partial charge in [-0.15, -0.1) is 0 Å². The van der Waals surface area contributed by atoms with Gasteiger partial charge in [0.1, 0.15) is 11.5 Å². The van der Waals surface area contributed by atoms with E-state index in [1.165, 1.54) is 6.07 Å². The lowest BCUT2D eigenvalue weighted by Crippen LogP contribution is -2.44. The van der Waals surface area contributed by atoms with Crippen molar-refractivity contribution in [1.82, 2.24) is 10.3 Å². The van der Waals surface area contributed by atoms with Gasteiger partial charge < -0.3 is 10.2 Å². The van der Waals surface area contributed by atoms with Crippen LogP contribution in [0.2, 0.25) is 0 Å². The molecular weight excluding hydrogens is 295 g/mol. The first kappa shape index (κ1) is 15.1. The van der Waals surface area contributed by atoms with Crippen LogP contribution in [0.5, 0.6) is 0 Å². The smallest absolute Gasteiger partial charge is 0.356 e. The van der Waals surface area contributed by atoms with E-state index < -0.39 is 11.9 Å². The third-order valence-corrected chi connectivity index (χ3v) is 4.06. The third-order valence-electron chi connectivity index (χ3n) is 4.06. The monoisotopic (exact) mass is 313 g/mol. The first-order valence-electron chi connectivity index (χ1n) is 7.53. The van der Waals surface area contributed by atoms with Gasteiger partial charge in [0.05, 0.1) is 5.92 Å². The fraction of sp³-hybridized carbons (Fsp3) is 0.600. The van der Waals surface area contributed by atoms with Gasteiger partial charge in [-0.1, -0.05) is 6.07 Å². The minimum Gasteiger partial charge on any atom is -0.356 e. The Morgan fingerprint density at radius 1 is 1.27 bits per heavy atom. The van der Waals surface area contributed by atoms with Crippen LogP contribution in [0.25, 0.3) is 0 Å². The van der Waals surface area contributed by atoms with Crippen LogP contribution in [0.15, 0.2) is 18.2 Å². The van der Waals surface area contributed by atoms with E-state index in [4.69, 9.17) is 0 Å². The first-order valence-corrected chi connectivity index (χ1v) is 7.53. The predicted molar refractivity (Wildman–Crippen MR) is 75.3 cm³/mol. The number of hydrogen-bond acceptors (Lipinski definition) is 3. The van der Waals surface area contributed by atoms with E-state index >= 15 is 0 Å². The SMILES string of the molecule is O=C(NC1CC1)[C@H]1CCCN(c2cccc(C(F)(F)F)n2)C1. The van der Waals surface area contributed by atoms with E-state index in [9.17, 15) is 18.0 Å². The highest BCUT2D eigenvalue weighted by Gasteiger charge is 2.34. The molecule has 1 aromatic heterocycles. The zero-order chi connectivity index (χ0) is 15.7. The van der Waals surface area contributed by atoms with Crippen LogP contribution in [0.4, 0.5) is 19.0 Å². The molecule has 1 atom stereocenters. The summed E-state index contributed by atoms with van der Waals surface area (Å²) in [6.45, 7) is 1.05. The molecule has 0 aromatic carbocycles. The Balaban J connectivity index is 1.70. The van der Waals surface area contributed by atoms with Crippen molar-refractivity contribution in [3.63, 3.8) is 0 Å². The molecule has 22 heavy (non-hydrogen) atoms. The van der Waals surface area contributed by atoms with Crippen LogP contribution < -0.4 is 10.2 Å². The molecule has 7 heteroatoms. The zero-order valence-electron chi connectivity index (χ0n) is 12.1. The van der Waals surface area contributed by atoms with Gasteiger partial charge in [-0.05, 0) is 37.8 Å². The van der Waals surface area contributed by atoms with Crippen molar-refractivity contribution in [1.29, 1.82) is 0 Å². The molecule has 1 saturated carbocycles. The van der Waals surface area contributed by atoms with E-state index in [2.05, 4.69) is 10.3 Å². The minimum atomic E-state index is -4.45. The summed E-state index contributed by atoms with van der Waals surface area (Å²) >= 11 is 0. The Morgan fingerprint density at radius 3 is 2.73 bits per heavy atom. The number of nitrogens with zero attached hydrogens (tertiary/aromatic N) is 2. The van der Waals surface area contributed by atoms with Crippen LogP contribution in [-0.2, 0) is 11.0 Å². The van der Waals surface area contributed by atoms with Crippen molar-refractivity contribution >= 4 is 11.7 Å². The molecule has 4 nitrogen and oxygen atoms in total. The largest absolute Gasteiger partial charge is 0.433 e. The van der Waals surface area contributed by atoms with Crippen molar-refractivity contribution in [2.24, 2.45) is 5.92 Å². The van der Waals surface area contributed by atoms with Gasteiger partial charge in [-0.25, -0.2) is 4.98 Å². The van der Waals surface area contributed by atoms with Crippen LogP contribution in [0, 0.1) is 5.92 Å². The number of alkyl halides is 3. The second-order valence-corrected chi connectivity index (χ2v) is 5.95. The molecule has 1 aliphatic heterocycles. The Labute approximate surface area is 126 Å². The number of aromatic nitrogens is 1. The van der Waals surface area contributed by atoms with Gasteiger partial charge in [0.2, 0.25) is 5.91 Å². The van der Waals surface area contributed by atoms with Crippen molar-refractivity contribution in [3.05, 3.63) is 23.9 Å². The number of nitrogens with one attached hydrogen (secondary N) is 1. The molecule has 120 valence electrons. The lowest BCUT2D eigenvalue weighted by molar-refractivity contribution is -0.141. The number of carbonyl (C=O) groups is 1. The summed E-state index contributed by atoms with van der Waals surface area (Å²) in [5.74, 6) is 0.128. The van der Waals surface area contributed by atoms with Crippen LogP contribution in [0.1, 0.15) is 31.4 Å². The molecule has 1 saturated heterocycles. The maximum absolute atomic E-state index is 12.7. The Morgan fingerprint density at radius 2 is 2.05 bits per heavy atom. The van der Waals surface area contributed by atoms with E-state index in [1.54, 1.807) is 11.0 Å². The topological polar surface area (TPSA) is 45.2 Å². The standard InChI is InChI=1S/C15H18F3N3O/c16-15(17,18)12-4-1-5-13(20-12)21-8-2-3-10(9-21)14(22)19-11-6-7-11/h1,4-5,10-11H,2-3,6-9H2,(H,19,22)/t10-/m0/s1. The highest BCUT2D eigenvalue weighted by Crippen LogP contribution is 2.30. The van der Waals surface area contributed by atoms with Crippen LogP contribution >= 0.6 is 0 Å². The number of hydrogen-bond donors (Lipinski definition) is 1. The molecule has 0 spiro atoms. The Bertz CT molecular complexity index is 557. The molecule has 1 amide bonds. The second kappa shape index (κ2) is 5.78. The summed E-state index contributed by atoms with van der Waals surface area (Å²) in [6.07, 6.45) is -0.849. The van der Waals surface area contributed by atoms with E-state index in [1.807, 2.05) is 0 Å². The van der Waals surface area contributed by atoms with E-state index in [0.29, 0.717) is 24.9 Å². The van der Waals surface area contributed by atoms with Gasteiger partial charge in [-0.2, -0.15) is 13.2 Å². The first-order chi connectivity index (χ1) is 10.4. The maximum atomic E-state index is 12.7. The molecule has 1 aliphatic carbocycles. The summed E-state index contributed by atoms with van der Waals surface area (Å²) in [7, 11) is 0. The summed E-state index contributed by atoms with van der Waals surface area (Å²) in [4.78, 5) is 17.6. The van der Waals surface area contributed by atoms with Gasteiger partial charge in [0, 0.05) is 19.1 Å². The lowest BCUT2D eigenvalue weighted by Gasteiger charge is -2.33. The normalized spacial score (nSPS) is 22.5. The van der Waals surface area contributed by atoms with Gasteiger partial charge in [-0.3, -0.25) is 4.79 Å². The molecule has 2 aliphatic rings. The summed E-state index contributed by atoms with van der Waals surface area (Å²) in [5.41, 5.74) is -0.894. The molecular formula is C15H18F3N3O. The van der Waals surface area contributed by atoms with E-state index in [-0.39, 0.29) is 11.8 Å². The van der Waals surface area contributed by atoms with Crippen molar-refractivity contribution in [2.75, 3.05) is 18.0 Å². The van der Waals surface area contributed by atoms with Crippen molar-refractivity contribution < 1.29 is 18.0 Å². The molecule has 0 unspecified atom stereocenters. The average molecular weight is 313 g/mol. The highest BCUT2D eigenvalue weighted by molar-refractivity contribution is 5.80. The molecule has 1 N–H and O–H groups in total. The minimum absolute atomic E-state index is 0.0131. The molecule has 0 bridgehead atoms. The number of carbonyl (C=O) groups excluding carboxylic acids is 1. The second-order valence-electron chi connectivity index (χ2n) is 5.95. The number of piperidine rings is 1. The van der Waals surface area contributed by atoms with Crippen molar-refractivity contribution in [2.45, 2.75) is 37.9 Å². The zero-order valence-corrected chi connectivity index (χ0v) is 12.1. The number of halogens is 3. The fourth-order valence-electron chi connectivity index (χ4n) is 2.70. The quantitative estimate of drug-likeness (QED) is 0.933. The Kier molecular flexibility index (Phi) is 3.97. The maximum Gasteiger partial charge on any atom is 0.433 e. The van der Waals surface area contributed by atoms with Crippen LogP contribution in [-0.4, -0.2) is 30.0 Å². The highest BCUT2D eigenvalue weighted by atomic mass is 19.4. The predicted octanol–water partition coefficient (Wildman–Crippen LogP) is 2.60. The van der Waals surface area contributed by atoms with Crippen molar-refractivity contribution in [3.8, 4) is 0 Å². The molecule has 1 aromatic rings. The summed E-state index contributed by atoms with van der Waals surface area (Å²) < 4.78 is 38.2. The fourth-order valence-corrected chi connectivity index (χ4v) is 2.70. The molecule has 0 radical (unpaired) electrons. The third kappa shape index (κ3) is 3.51.